The van der Waals surface area contributed by atoms with Crippen molar-refractivity contribution in [1.82, 2.24) is 5.32 Å². The van der Waals surface area contributed by atoms with Gasteiger partial charge in [-0.25, -0.2) is 4.79 Å². The lowest BCUT2D eigenvalue weighted by molar-refractivity contribution is -0.134. The van der Waals surface area contributed by atoms with Gasteiger partial charge >= 0.3 is 5.97 Å². The first-order chi connectivity index (χ1) is 8.02. The second kappa shape index (κ2) is 5.69. The van der Waals surface area contributed by atoms with Gasteiger partial charge in [0.1, 0.15) is 11.4 Å². The van der Waals surface area contributed by atoms with E-state index in [0.717, 1.165) is 0 Å². The highest BCUT2D eigenvalue weighted by Crippen LogP contribution is 2.14. The van der Waals surface area contributed by atoms with E-state index in [1.807, 2.05) is 0 Å². The predicted octanol–water partition coefficient (Wildman–Crippen LogP) is 1.26. The SMILES string of the molecule is COc1cccc(/C=C(\NC(C)=O)C(=O)O)c1. The Bertz CT molecular complexity index is 465. The summed E-state index contributed by atoms with van der Waals surface area (Å²) in [6.45, 7) is 1.25. The molecule has 0 fully saturated rings. The Morgan fingerprint density at radius 2 is 2.12 bits per heavy atom. The molecule has 0 aliphatic rings. The number of carbonyl (C=O) groups excluding carboxylic acids is 1. The van der Waals surface area contributed by atoms with Crippen molar-refractivity contribution >= 4 is 18.0 Å². The Morgan fingerprint density at radius 1 is 1.41 bits per heavy atom. The summed E-state index contributed by atoms with van der Waals surface area (Å²) < 4.78 is 5.01. The number of nitrogens with one attached hydrogen (secondary N) is 1. The van der Waals surface area contributed by atoms with E-state index in [9.17, 15) is 9.59 Å². The molecule has 0 spiro atoms. The lowest BCUT2D eigenvalue weighted by Gasteiger charge is -2.04. The number of ether oxygens (including phenoxy) is 1. The van der Waals surface area contributed by atoms with E-state index in [1.165, 1.54) is 20.1 Å². The van der Waals surface area contributed by atoms with Crippen LogP contribution >= 0.6 is 0 Å². The molecule has 0 saturated carbocycles. The second-order valence-electron chi connectivity index (χ2n) is 3.32. The fourth-order valence-corrected chi connectivity index (χ4v) is 1.24. The van der Waals surface area contributed by atoms with Gasteiger partial charge in [-0.2, -0.15) is 0 Å². The number of carboxylic acid groups (broad SMARTS) is 1. The van der Waals surface area contributed by atoms with Crippen molar-refractivity contribution in [3.8, 4) is 5.75 Å². The standard InChI is InChI=1S/C12H13NO4/c1-8(14)13-11(12(15)16)7-9-4-3-5-10(6-9)17-2/h3-7H,1-2H3,(H,13,14)(H,15,16)/b11-7-. The molecule has 0 saturated heterocycles. The molecular formula is C12H13NO4. The Balaban J connectivity index is 3.03. The molecule has 0 atom stereocenters. The largest absolute Gasteiger partial charge is 0.497 e. The zero-order valence-corrected chi connectivity index (χ0v) is 9.56. The van der Waals surface area contributed by atoms with Crippen molar-refractivity contribution in [2.24, 2.45) is 0 Å². The van der Waals surface area contributed by atoms with E-state index in [0.29, 0.717) is 11.3 Å². The van der Waals surface area contributed by atoms with Gasteiger partial charge in [0.2, 0.25) is 5.91 Å². The minimum Gasteiger partial charge on any atom is -0.497 e. The van der Waals surface area contributed by atoms with Gasteiger partial charge in [-0.15, -0.1) is 0 Å². The first kappa shape index (κ1) is 12.8. The van der Waals surface area contributed by atoms with Crippen molar-refractivity contribution in [2.75, 3.05) is 7.11 Å². The summed E-state index contributed by atoms with van der Waals surface area (Å²) in [6, 6.07) is 6.87. The Labute approximate surface area is 98.7 Å². The van der Waals surface area contributed by atoms with Gasteiger partial charge in [0.05, 0.1) is 7.11 Å². The predicted molar refractivity (Wildman–Crippen MR) is 62.4 cm³/mol. The molecule has 90 valence electrons. The number of methoxy groups -OCH3 is 1. The molecule has 2 N–H and O–H groups in total. The molecule has 0 heterocycles. The van der Waals surface area contributed by atoms with Gasteiger partial charge < -0.3 is 15.2 Å². The molecule has 0 aliphatic heterocycles. The van der Waals surface area contributed by atoms with E-state index in [-0.39, 0.29) is 5.70 Å². The fraction of sp³-hybridized carbons (Fsp3) is 0.167. The lowest BCUT2D eigenvalue weighted by atomic mass is 10.2. The maximum atomic E-state index is 10.9. The van der Waals surface area contributed by atoms with Crippen LogP contribution in [0, 0.1) is 0 Å². The minimum absolute atomic E-state index is 0.175. The minimum atomic E-state index is -1.19. The number of benzene rings is 1. The first-order valence-corrected chi connectivity index (χ1v) is 4.89. The molecule has 5 nitrogen and oxygen atoms in total. The Morgan fingerprint density at radius 3 is 2.65 bits per heavy atom. The van der Waals surface area contributed by atoms with Crippen molar-refractivity contribution < 1.29 is 19.4 Å². The number of hydrogen-bond donors (Lipinski definition) is 2. The number of amides is 1. The van der Waals surface area contributed by atoms with Crippen LogP contribution in [-0.4, -0.2) is 24.1 Å². The molecule has 0 aromatic heterocycles. The van der Waals surface area contributed by atoms with E-state index < -0.39 is 11.9 Å². The molecule has 17 heavy (non-hydrogen) atoms. The molecule has 1 aromatic rings. The average molecular weight is 235 g/mol. The maximum Gasteiger partial charge on any atom is 0.352 e. The van der Waals surface area contributed by atoms with E-state index in [4.69, 9.17) is 9.84 Å². The molecule has 1 rings (SSSR count). The van der Waals surface area contributed by atoms with E-state index in [2.05, 4.69) is 5.32 Å². The van der Waals surface area contributed by atoms with Crippen LogP contribution in [0.25, 0.3) is 6.08 Å². The van der Waals surface area contributed by atoms with Gasteiger partial charge in [0, 0.05) is 6.92 Å². The molecule has 0 bridgehead atoms. The van der Waals surface area contributed by atoms with E-state index >= 15 is 0 Å². The average Bonchev–Trinajstić information content (AvgIpc) is 2.27. The van der Waals surface area contributed by atoms with Gasteiger partial charge in [-0.1, -0.05) is 12.1 Å². The van der Waals surface area contributed by atoms with Gasteiger partial charge in [0.15, 0.2) is 0 Å². The first-order valence-electron chi connectivity index (χ1n) is 4.89. The van der Waals surface area contributed by atoms with Gasteiger partial charge in [-0.3, -0.25) is 4.79 Å². The molecule has 1 aromatic carbocycles. The summed E-state index contributed by atoms with van der Waals surface area (Å²) in [4.78, 5) is 21.7. The van der Waals surface area contributed by atoms with Crippen molar-refractivity contribution in [3.05, 3.63) is 35.5 Å². The van der Waals surface area contributed by atoms with Crippen LogP contribution in [0.15, 0.2) is 30.0 Å². The Kier molecular flexibility index (Phi) is 4.28. The topological polar surface area (TPSA) is 75.6 Å². The van der Waals surface area contributed by atoms with Crippen LogP contribution in [0.5, 0.6) is 5.75 Å². The zero-order valence-electron chi connectivity index (χ0n) is 9.56. The second-order valence-corrected chi connectivity index (χ2v) is 3.32. The summed E-state index contributed by atoms with van der Waals surface area (Å²) in [5.74, 6) is -1.00. The lowest BCUT2D eigenvalue weighted by Crippen LogP contribution is -2.24. The molecule has 0 radical (unpaired) electrons. The van der Waals surface area contributed by atoms with Crippen LogP contribution in [0.2, 0.25) is 0 Å². The van der Waals surface area contributed by atoms with Crippen LogP contribution < -0.4 is 10.1 Å². The highest BCUT2D eigenvalue weighted by atomic mass is 16.5. The highest BCUT2D eigenvalue weighted by Gasteiger charge is 2.08. The highest BCUT2D eigenvalue weighted by molar-refractivity contribution is 5.96. The Hall–Kier alpha value is -2.30. The number of carbonyl (C=O) groups is 2. The zero-order chi connectivity index (χ0) is 12.8. The monoisotopic (exact) mass is 235 g/mol. The number of hydrogen-bond acceptors (Lipinski definition) is 3. The van der Waals surface area contributed by atoms with Crippen LogP contribution in [-0.2, 0) is 9.59 Å². The number of rotatable bonds is 4. The van der Waals surface area contributed by atoms with Crippen LogP contribution in [0.4, 0.5) is 0 Å². The molecular weight excluding hydrogens is 222 g/mol. The molecule has 5 heteroatoms. The smallest absolute Gasteiger partial charge is 0.352 e. The summed E-state index contributed by atoms with van der Waals surface area (Å²) >= 11 is 0. The maximum absolute atomic E-state index is 10.9. The third kappa shape index (κ3) is 3.98. The van der Waals surface area contributed by atoms with Crippen molar-refractivity contribution in [3.63, 3.8) is 0 Å². The van der Waals surface area contributed by atoms with Crippen LogP contribution in [0.1, 0.15) is 12.5 Å². The normalized spacial score (nSPS) is 10.8. The quantitative estimate of drug-likeness (QED) is 0.770. The van der Waals surface area contributed by atoms with Crippen LogP contribution in [0.3, 0.4) is 0 Å². The number of aliphatic carboxylic acids is 1. The molecule has 0 unspecified atom stereocenters. The third-order valence-corrected chi connectivity index (χ3v) is 1.95. The van der Waals surface area contributed by atoms with E-state index in [1.54, 1.807) is 24.3 Å². The molecule has 0 aliphatic carbocycles. The summed E-state index contributed by atoms with van der Waals surface area (Å²) in [5, 5.41) is 11.1. The number of carboxylic acids is 1. The summed E-state index contributed by atoms with van der Waals surface area (Å²) in [5.41, 5.74) is 0.459. The van der Waals surface area contributed by atoms with Gasteiger partial charge in [-0.05, 0) is 23.8 Å². The summed E-state index contributed by atoms with van der Waals surface area (Å²) in [6.07, 6.45) is 1.37. The molecule has 1 amide bonds. The van der Waals surface area contributed by atoms with Crippen molar-refractivity contribution in [1.29, 1.82) is 0 Å². The third-order valence-electron chi connectivity index (χ3n) is 1.95. The summed E-state index contributed by atoms with van der Waals surface area (Å²) in [7, 11) is 1.52. The van der Waals surface area contributed by atoms with Gasteiger partial charge in [0.25, 0.3) is 0 Å². The fourth-order valence-electron chi connectivity index (χ4n) is 1.24. The van der Waals surface area contributed by atoms with Crippen molar-refractivity contribution in [2.45, 2.75) is 6.92 Å².